The van der Waals surface area contributed by atoms with Crippen LogP contribution in [0.1, 0.15) is 42.3 Å². The number of phenols is 1. The topological polar surface area (TPSA) is 112 Å². The molecule has 0 saturated carbocycles. The van der Waals surface area contributed by atoms with E-state index in [0.717, 1.165) is 29.9 Å². The summed E-state index contributed by atoms with van der Waals surface area (Å²) in [6.07, 6.45) is 0. The van der Waals surface area contributed by atoms with Gasteiger partial charge in [0, 0.05) is 30.4 Å². The fourth-order valence-corrected chi connectivity index (χ4v) is 3.50. The highest BCUT2D eigenvalue weighted by molar-refractivity contribution is 6.02. The minimum Gasteiger partial charge on any atom is -0.507 e. The number of morpholine rings is 1. The largest absolute Gasteiger partial charge is 0.507 e. The molecule has 2 aromatic carbocycles. The number of carbonyl (C=O) groups is 1. The summed E-state index contributed by atoms with van der Waals surface area (Å²) in [4.78, 5) is 13.3. The van der Waals surface area contributed by atoms with Crippen molar-refractivity contribution in [2.24, 2.45) is 5.16 Å². The maximum Gasteiger partial charge on any atom is 0.339 e. The second-order valence-corrected chi connectivity index (χ2v) is 8.40. The summed E-state index contributed by atoms with van der Waals surface area (Å²) in [5.41, 5.74) is 2.95. The van der Waals surface area contributed by atoms with E-state index in [1.807, 2.05) is 18.2 Å². The summed E-state index contributed by atoms with van der Waals surface area (Å²) in [6, 6.07) is 9.86. The molecular formula is C23H28N2O6. The van der Waals surface area contributed by atoms with Crippen molar-refractivity contribution < 1.29 is 29.7 Å². The molecule has 0 bridgehead atoms. The monoisotopic (exact) mass is 428 g/mol. The predicted octanol–water partition coefficient (Wildman–Crippen LogP) is 3.48. The van der Waals surface area contributed by atoms with Crippen LogP contribution in [-0.2, 0) is 10.2 Å². The van der Waals surface area contributed by atoms with Gasteiger partial charge in [-0.2, -0.15) is 0 Å². The lowest BCUT2D eigenvalue weighted by Crippen LogP contribution is -2.37. The fraction of sp³-hybridized carbons (Fsp3) is 0.391. The molecule has 0 spiro atoms. The van der Waals surface area contributed by atoms with Crippen LogP contribution < -0.4 is 9.64 Å². The van der Waals surface area contributed by atoms with Crippen molar-refractivity contribution in [3.8, 4) is 11.5 Å². The van der Waals surface area contributed by atoms with Crippen LogP contribution in [0.4, 0.5) is 5.69 Å². The van der Waals surface area contributed by atoms with Gasteiger partial charge in [0.1, 0.15) is 29.4 Å². The van der Waals surface area contributed by atoms with Gasteiger partial charge in [-0.3, -0.25) is 0 Å². The third-order valence-electron chi connectivity index (χ3n) is 5.19. The predicted molar refractivity (Wildman–Crippen MR) is 117 cm³/mol. The van der Waals surface area contributed by atoms with Crippen LogP contribution in [0.25, 0.3) is 0 Å². The van der Waals surface area contributed by atoms with E-state index in [1.165, 1.54) is 18.2 Å². The fourth-order valence-electron chi connectivity index (χ4n) is 3.50. The molecule has 1 saturated heterocycles. The van der Waals surface area contributed by atoms with Crippen LogP contribution in [-0.4, -0.2) is 60.0 Å². The van der Waals surface area contributed by atoms with Crippen LogP contribution in [0.5, 0.6) is 11.5 Å². The first-order valence-electron chi connectivity index (χ1n) is 10.1. The average molecular weight is 428 g/mol. The van der Waals surface area contributed by atoms with E-state index in [-0.39, 0.29) is 23.3 Å². The molecule has 0 amide bonds. The highest BCUT2D eigenvalue weighted by atomic mass is 16.5. The lowest BCUT2D eigenvalue weighted by Gasteiger charge is -2.34. The van der Waals surface area contributed by atoms with E-state index in [2.05, 4.69) is 30.8 Å². The molecule has 1 heterocycles. The van der Waals surface area contributed by atoms with Crippen molar-refractivity contribution in [1.82, 2.24) is 0 Å². The molecule has 0 unspecified atom stereocenters. The minimum atomic E-state index is -1.23. The Morgan fingerprint density at radius 2 is 1.87 bits per heavy atom. The number of anilines is 1. The standard InChI is InChI=1S/C23H28N2O6/c1-23(2,3)18-12-15(4-7-20(18)25-8-10-30-11-9-25)19(24-29)14-31-16-5-6-17(22(27)28)21(26)13-16/h4-7,12-13,26,29H,8-11,14H2,1-3H3,(H,27,28)/b24-19-. The van der Waals surface area contributed by atoms with Crippen LogP contribution >= 0.6 is 0 Å². The van der Waals surface area contributed by atoms with Crippen molar-refractivity contribution in [3.05, 3.63) is 53.1 Å². The highest BCUT2D eigenvalue weighted by Crippen LogP contribution is 2.34. The van der Waals surface area contributed by atoms with Gasteiger partial charge in [0.15, 0.2) is 0 Å². The first-order chi connectivity index (χ1) is 14.7. The molecule has 1 aliphatic rings. The number of hydrogen-bond acceptors (Lipinski definition) is 7. The van der Waals surface area contributed by atoms with Crippen LogP contribution in [0.15, 0.2) is 41.6 Å². The zero-order valence-electron chi connectivity index (χ0n) is 18.0. The molecule has 1 fully saturated rings. The molecule has 0 atom stereocenters. The third-order valence-corrected chi connectivity index (χ3v) is 5.19. The second kappa shape index (κ2) is 9.26. The number of benzene rings is 2. The van der Waals surface area contributed by atoms with E-state index in [0.29, 0.717) is 18.9 Å². The molecule has 8 nitrogen and oxygen atoms in total. The number of ether oxygens (including phenoxy) is 2. The summed E-state index contributed by atoms with van der Waals surface area (Å²) in [5, 5.41) is 31.8. The lowest BCUT2D eigenvalue weighted by atomic mass is 9.84. The molecule has 31 heavy (non-hydrogen) atoms. The van der Waals surface area contributed by atoms with Crippen LogP contribution in [0.2, 0.25) is 0 Å². The van der Waals surface area contributed by atoms with Crippen molar-refractivity contribution >= 4 is 17.4 Å². The van der Waals surface area contributed by atoms with Gasteiger partial charge < -0.3 is 29.8 Å². The summed E-state index contributed by atoms with van der Waals surface area (Å²) in [7, 11) is 0. The van der Waals surface area contributed by atoms with Gasteiger partial charge >= 0.3 is 5.97 Å². The first kappa shape index (κ1) is 22.4. The summed E-state index contributed by atoms with van der Waals surface area (Å²) < 4.78 is 11.1. The number of carboxylic acids is 1. The molecule has 3 rings (SSSR count). The Balaban J connectivity index is 1.83. The summed E-state index contributed by atoms with van der Waals surface area (Å²) in [6.45, 7) is 9.37. The van der Waals surface area contributed by atoms with Crippen molar-refractivity contribution in [2.75, 3.05) is 37.8 Å². The Morgan fingerprint density at radius 1 is 1.16 bits per heavy atom. The molecule has 1 aliphatic heterocycles. The zero-order valence-corrected chi connectivity index (χ0v) is 18.0. The number of carboxylic acid groups (broad SMARTS) is 1. The summed E-state index contributed by atoms with van der Waals surface area (Å²) >= 11 is 0. The van der Waals surface area contributed by atoms with Crippen molar-refractivity contribution in [3.63, 3.8) is 0 Å². The molecule has 0 aliphatic carbocycles. The zero-order chi connectivity index (χ0) is 22.6. The number of aromatic hydroxyl groups is 1. The van der Waals surface area contributed by atoms with Gasteiger partial charge in [-0.1, -0.05) is 32.0 Å². The lowest BCUT2D eigenvalue weighted by molar-refractivity contribution is 0.0693. The smallest absolute Gasteiger partial charge is 0.339 e. The second-order valence-electron chi connectivity index (χ2n) is 8.40. The van der Waals surface area contributed by atoms with Gasteiger partial charge in [-0.25, -0.2) is 4.79 Å². The number of aromatic carboxylic acids is 1. The maximum atomic E-state index is 11.0. The van der Waals surface area contributed by atoms with Gasteiger partial charge in [0.2, 0.25) is 0 Å². The molecular weight excluding hydrogens is 400 g/mol. The van der Waals surface area contributed by atoms with Gasteiger partial charge in [0.05, 0.1) is 13.2 Å². The number of nitrogens with zero attached hydrogens (tertiary/aromatic N) is 2. The first-order valence-corrected chi connectivity index (χ1v) is 10.1. The average Bonchev–Trinajstić information content (AvgIpc) is 2.74. The van der Waals surface area contributed by atoms with Crippen LogP contribution in [0.3, 0.4) is 0 Å². The van der Waals surface area contributed by atoms with E-state index in [4.69, 9.17) is 14.6 Å². The van der Waals surface area contributed by atoms with Crippen molar-refractivity contribution in [2.45, 2.75) is 26.2 Å². The quantitative estimate of drug-likeness (QED) is 0.367. The Bertz CT molecular complexity index is 975. The summed E-state index contributed by atoms with van der Waals surface area (Å²) in [5.74, 6) is -1.35. The Kier molecular flexibility index (Phi) is 6.70. The van der Waals surface area contributed by atoms with Gasteiger partial charge in [-0.15, -0.1) is 0 Å². The van der Waals surface area contributed by atoms with Crippen molar-refractivity contribution in [1.29, 1.82) is 0 Å². The SMILES string of the molecule is CC(C)(C)c1cc(/C(COc2ccc(C(=O)O)c(O)c2)=N\O)ccc1N1CCOCC1. The van der Waals surface area contributed by atoms with Gasteiger partial charge in [-0.05, 0) is 35.2 Å². The van der Waals surface area contributed by atoms with E-state index in [9.17, 15) is 15.1 Å². The number of rotatable bonds is 6. The third kappa shape index (κ3) is 5.27. The molecule has 0 aromatic heterocycles. The van der Waals surface area contributed by atoms with E-state index < -0.39 is 11.7 Å². The minimum absolute atomic E-state index is 0.0527. The molecule has 166 valence electrons. The number of hydrogen-bond donors (Lipinski definition) is 3. The highest BCUT2D eigenvalue weighted by Gasteiger charge is 2.24. The Labute approximate surface area is 181 Å². The molecule has 0 radical (unpaired) electrons. The van der Waals surface area contributed by atoms with E-state index >= 15 is 0 Å². The number of oxime groups is 1. The normalized spacial score (nSPS) is 15.1. The van der Waals surface area contributed by atoms with E-state index in [1.54, 1.807) is 0 Å². The Morgan fingerprint density at radius 3 is 2.45 bits per heavy atom. The van der Waals surface area contributed by atoms with Crippen LogP contribution in [0, 0.1) is 0 Å². The van der Waals surface area contributed by atoms with Gasteiger partial charge in [0.25, 0.3) is 0 Å². The molecule has 3 N–H and O–H groups in total. The maximum absolute atomic E-state index is 11.0. The molecule has 2 aromatic rings. The Hall–Kier alpha value is -3.26. The molecule has 8 heteroatoms.